The molecule has 0 aromatic carbocycles. The van der Waals surface area contributed by atoms with Crippen molar-refractivity contribution in [1.29, 1.82) is 0 Å². The van der Waals surface area contributed by atoms with Crippen LogP contribution in [0.15, 0.2) is 0 Å². The van der Waals surface area contributed by atoms with Gasteiger partial charge in [0.2, 0.25) is 0 Å². The van der Waals surface area contributed by atoms with E-state index in [9.17, 15) is 13.2 Å². The molecular weight excluding hydrogens is 279 g/mol. The molecule has 3 fully saturated rings. The van der Waals surface area contributed by atoms with E-state index in [-0.39, 0.29) is 24.3 Å². The molecule has 5 heteroatoms. The Balaban J connectivity index is 1.54. The lowest BCUT2D eigenvalue weighted by atomic mass is 9.55. The van der Waals surface area contributed by atoms with Gasteiger partial charge in [-0.3, -0.25) is 0 Å². The second kappa shape index (κ2) is 5.41. The summed E-state index contributed by atoms with van der Waals surface area (Å²) in [4.78, 5) is 0. The van der Waals surface area contributed by atoms with E-state index in [0.717, 1.165) is 13.0 Å². The molecule has 2 nitrogen and oxygen atoms in total. The van der Waals surface area contributed by atoms with Gasteiger partial charge in [-0.05, 0) is 38.5 Å². The molecule has 3 aliphatic rings. The minimum atomic E-state index is -4.01. The molecule has 0 aromatic rings. The van der Waals surface area contributed by atoms with E-state index >= 15 is 0 Å². The van der Waals surface area contributed by atoms with E-state index < -0.39 is 12.1 Å². The van der Waals surface area contributed by atoms with Gasteiger partial charge in [0.25, 0.3) is 0 Å². The summed E-state index contributed by atoms with van der Waals surface area (Å²) in [6.07, 6.45) is 0.459. The normalized spacial score (nSPS) is 43.0. The number of nitrogens with one attached hydrogen (secondary N) is 1. The molecule has 0 amide bonds. The van der Waals surface area contributed by atoms with Gasteiger partial charge in [0.15, 0.2) is 0 Å². The zero-order chi connectivity index (χ0) is 15.3. The molecule has 1 heterocycles. The number of alkyl halides is 3. The van der Waals surface area contributed by atoms with Crippen LogP contribution in [0.5, 0.6) is 0 Å². The Bertz CT molecular complexity index is 374. The fourth-order valence-corrected chi connectivity index (χ4v) is 4.70. The van der Waals surface area contributed by atoms with Gasteiger partial charge in [0.1, 0.15) is 0 Å². The zero-order valence-corrected chi connectivity index (χ0v) is 12.9. The molecule has 0 aromatic heterocycles. The third-order valence-electron chi connectivity index (χ3n) is 5.94. The molecule has 2 saturated carbocycles. The van der Waals surface area contributed by atoms with E-state index in [0.29, 0.717) is 30.9 Å². The van der Waals surface area contributed by atoms with Crippen molar-refractivity contribution < 1.29 is 17.9 Å². The topological polar surface area (TPSA) is 21.3 Å². The lowest BCUT2D eigenvalue weighted by Crippen LogP contribution is -2.70. The average molecular weight is 305 g/mol. The fourth-order valence-electron chi connectivity index (χ4n) is 4.70. The van der Waals surface area contributed by atoms with Crippen LogP contribution in [0.3, 0.4) is 0 Å². The van der Waals surface area contributed by atoms with Crippen molar-refractivity contribution in [2.45, 2.75) is 76.7 Å². The van der Waals surface area contributed by atoms with Gasteiger partial charge in [0.05, 0.1) is 12.0 Å². The smallest absolute Gasteiger partial charge is 0.377 e. The predicted octanol–water partition coefficient (Wildman–Crippen LogP) is 3.90. The summed E-state index contributed by atoms with van der Waals surface area (Å²) >= 11 is 0. The van der Waals surface area contributed by atoms with Crippen LogP contribution >= 0.6 is 0 Å². The first kappa shape index (κ1) is 15.6. The molecule has 0 radical (unpaired) electrons. The van der Waals surface area contributed by atoms with Gasteiger partial charge in [-0.15, -0.1) is 0 Å². The van der Waals surface area contributed by atoms with Gasteiger partial charge >= 0.3 is 6.18 Å². The second-order valence-electron chi connectivity index (χ2n) is 7.65. The first-order valence-corrected chi connectivity index (χ1v) is 8.24. The molecule has 21 heavy (non-hydrogen) atoms. The monoisotopic (exact) mass is 305 g/mol. The molecule has 122 valence electrons. The number of rotatable bonds is 2. The second-order valence-corrected chi connectivity index (χ2v) is 7.65. The first-order valence-electron chi connectivity index (χ1n) is 8.24. The summed E-state index contributed by atoms with van der Waals surface area (Å²) in [5.41, 5.74) is 0.103. The van der Waals surface area contributed by atoms with Crippen LogP contribution in [0.25, 0.3) is 0 Å². The van der Waals surface area contributed by atoms with Crippen molar-refractivity contribution in [2.75, 3.05) is 6.61 Å². The minimum Gasteiger partial charge on any atom is -0.377 e. The fraction of sp³-hybridized carbons (Fsp3) is 1.00. The van der Waals surface area contributed by atoms with E-state index in [2.05, 4.69) is 19.2 Å². The van der Waals surface area contributed by atoms with Gasteiger partial charge in [-0.2, -0.15) is 13.2 Å². The van der Waals surface area contributed by atoms with Gasteiger partial charge < -0.3 is 10.1 Å². The summed E-state index contributed by atoms with van der Waals surface area (Å²) in [6.45, 7) is 5.30. The van der Waals surface area contributed by atoms with E-state index in [1.807, 2.05) is 0 Å². The molecule has 1 saturated heterocycles. The van der Waals surface area contributed by atoms with Crippen LogP contribution in [-0.4, -0.2) is 31.0 Å². The van der Waals surface area contributed by atoms with Crippen LogP contribution in [0, 0.1) is 17.3 Å². The van der Waals surface area contributed by atoms with E-state index in [1.165, 1.54) is 6.42 Å². The minimum absolute atomic E-state index is 0.103. The SMILES string of the molecule is CC1(C)C(NC2CCC(C(F)(F)F)CC2)C2CCCOC21. The molecular formula is C16H26F3NO. The number of ether oxygens (including phenoxy) is 1. The van der Waals surface area contributed by atoms with Crippen LogP contribution in [0.1, 0.15) is 52.4 Å². The van der Waals surface area contributed by atoms with Crippen molar-refractivity contribution in [3.63, 3.8) is 0 Å². The summed E-state index contributed by atoms with van der Waals surface area (Å²) in [5, 5.41) is 3.67. The molecule has 1 N–H and O–H groups in total. The number of fused-ring (bicyclic) bond motifs is 1. The average Bonchev–Trinajstić information content (AvgIpc) is 2.44. The molecule has 0 bridgehead atoms. The number of halogens is 3. The van der Waals surface area contributed by atoms with E-state index in [4.69, 9.17) is 4.74 Å². The molecule has 1 aliphatic heterocycles. The highest BCUT2D eigenvalue weighted by atomic mass is 19.4. The maximum atomic E-state index is 12.7. The Kier molecular flexibility index (Phi) is 4.02. The third-order valence-corrected chi connectivity index (χ3v) is 5.94. The van der Waals surface area contributed by atoms with Crippen molar-refractivity contribution in [2.24, 2.45) is 17.3 Å². The Hall–Kier alpha value is -0.290. The largest absolute Gasteiger partial charge is 0.391 e. The van der Waals surface area contributed by atoms with Gasteiger partial charge in [-0.25, -0.2) is 0 Å². The molecule has 0 spiro atoms. The third kappa shape index (κ3) is 2.83. The Morgan fingerprint density at radius 3 is 2.33 bits per heavy atom. The lowest BCUT2D eigenvalue weighted by molar-refractivity contribution is -0.198. The maximum Gasteiger partial charge on any atom is 0.391 e. The van der Waals surface area contributed by atoms with Crippen molar-refractivity contribution >= 4 is 0 Å². The Morgan fingerprint density at radius 1 is 1.05 bits per heavy atom. The highest BCUT2D eigenvalue weighted by molar-refractivity contribution is 5.11. The van der Waals surface area contributed by atoms with Crippen LogP contribution in [0.2, 0.25) is 0 Å². The lowest BCUT2D eigenvalue weighted by Gasteiger charge is -2.61. The Labute approximate surface area is 124 Å². The number of hydrogen-bond acceptors (Lipinski definition) is 2. The Morgan fingerprint density at radius 2 is 1.71 bits per heavy atom. The molecule has 3 atom stereocenters. The van der Waals surface area contributed by atoms with E-state index in [1.54, 1.807) is 0 Å². The first-order chi connectivity index (χ1) is 9.80. The highest BCUT2D eigenvalue weighted by Gasteiger charge is 2.58. The van der Waals surface area contributed by atoms with Crippen molar-refractivity contribution in [1.82, 2.24) is 5.32 Å². The predicted molar refractivity (Wildman–Crippen MR) is 75.0 cm³/mol. The standard InChI is InChI=1S/C16H26F3NO/c1-15(2)13(12-4-3-9-21-14(12)15)20-11-7-5-10(6-8-11)16(17,18)19/h10-14,20H,3-9H2,1-2H3. The van der Waals surface area contributed by atoms with Crippen LogP contribution in [0.4, 0.5) is 13.2 Å². The van der Waals surface area contributed by atoms with Crippen molar-refractivity contribution in [3.8, 4) is 0 Å². The zero-order valence-electron chi connectivity index (χ0n) is 12.9. The van der Waals surface area contributed by atoms with Gasteiger partial charge in [0, 0.05) is 30.0 Å². The van der Waals surface area contributed by atoms with Crippen LogP contribution in [-0.2, 0) is 4.74 Å². The molecule has 3 rings (SSSR count). The van der Waals surface area contributed by atoms with Crippen LogP contribution < -0.4 is 5.32 Å². The summed E-state index contributed by atoms with van der Waals surface area (Å²) in [7, 11) is 0. The summed E-state index contributed by atoms with van der Waals surface area (Å²) < 4.78 is 44.0. The maximum absolute atomic E-state index is 12.7. The van der Waals surface area contributed by atoms with Crippen molar-refractivity contribution in [3.05, 3.63) is 0 Å². The highest BCUT2D eigenvalue weighted by Crippen LogP contribution is 2.52. The number of hydrogen-bond donors (Lipinski definition) is 1. The summed E-state index contributed by atoms with van der Waals surface area (Å²) in [5.74, 6) is -0.537. The van der Waals surface area contributed by atoms with Gasteiger partial charge in [-0.1, -0.05) is 13.8 Å². The summed E-state index contributed by atoms with van der Waals surface area (Å²) in [6, 6.07) is 0.644. The quantitative estimate of drug-likeness (QED) is 0.835. The molecule has 2 aliphatic carbocycles. The molecule has 3 unspecified atom stereocenters.